The van der Waals surface area contributed by atoms with E-state index in [2.05, 4.69) is 19.2 Å². The van der Waals surface area contributed by atoms with E-state index in [0.29, 0.717) is 0 Å². The second-order valence-electron chi connectivity index (χ2n) is 7.69. The normalized spacial score (nSPS) is 29.8. The van der Waals surface area contributed by atoms with Gasteiger partial charge in [-0.1, -0.05) is 26.7 Å². The summed E-state index contributed by atoms with van der Waals surface area (Å²) in [6, 6.07) is 0. The summed E-state index contributed by atoms with van der Waals surface area (Å²) < 4.78 is 11.0. The predicted octanol–water partition coefficient (Wildman–Crippen LogP) is 3.60. The number of esters is 2. The predicted molar refractivity (Wildman–Crippen MR) is 97.1 cm³/mol. The van der Waals surface area contributed by atoms with E-state index in [0.717, 1.165) is 63.2 Å². The van der Waals surface area contributed by atoms with Crippen molar-refractivity contribution in [1.29, 1.82) is 0 Å². The first-order chi connectivity index (χ1) is 12.1. The minimum Gasteiger partial charge on any atom is -0.461 e. The molecule has 0 atom stereocenters. The van der Waals surface area contributed by atoms with E-state index < -0.39 is 0 Å². The SMILES string of the molecule is CCC1CCC(OC(=O)CNCC(=O)OC2CCC(CC)CC2)CC1. The Kier molecular flexibility index (Phi) is 8.73. The van der Waals surface area contributed by atoms with Gasteiger partial charge < -0.3 is 9.47 Å². The molecule has 0 aromatic heterocycles. The highest BCUT2D eigenvalue weighted by Gasteiger charge is 2.24. The molecule has 5 heteroatoms. The van der Waals surface area contributed by atoms with Crippen LogP contribution in [0.25, 0.3) is 0 Å². The Labute approximate surface area is 152 Å². The molecule has 0 aromatic carbocycles. The van der Waals surface area contributed by atoms with Crippen LogP contribution in [-0.4, -0.2) is 37.2 Å². The Hall–Kier alpha value is -1.10. The quantitative estimate of drug-likeness (QED) is 0.676. The summed E-state index contributed by atoms with van der Waals surface area (Å²) in [6.45, 7) is 4.59. The van der Waals surface area contributed by atoms with Crippen molar-refractivity contribution < 1.29 is 19.1 Å². The van der Waals surface area contributed by atoms with Gasteiger partial charge in [0.2, 0.25) is 0 Å². The molecule has 0 aliphatic heterocycles. The Bertz CT molecular complexity index is 372. The summed E-state index contributed by atoms with van der Waals surface area (Å²) in [7, 11) is 0. The molecular weight excluding hydrogens is 318 g/mol. The molecule has 1 N–H and O–H groups in total. The van der Waals surface area contributed by atoms with Gasteiger partial charge in [0.25, 0.3) is 0 Å². The van der Waals surface area contributed by atoms with Crippen LogP contribution in [0.4, 0.5) is 0 Å². The van der Waals surface area contributed by atoms with E-state index in [1.165, 1.54) is 12.8 Å². The fourth-order valence-corrected chi connectivity index (χ4v) is 4.04. The average molecular weight is 354 g/mol. The minimum atomic E-state index is -0.267. The number of carbonyl (C=O) groups is 2. The standard InChI is InChI=1S/C20H35NO4/c1-3-15-5-9-17(10-6-15)24-19(22)13-21-14-20(23)25-18-11-7-16(4-2)8-12-18/h15-18,21H,3-14H2,1-2H3. The molecule has 0 aromatic rings. The molecular formula is C20H35NO4. The lowest BCUT2D eigenvalue weighted by atomic mass is 9.86. The van der Waals surface area contributed by atoms with Crippen LogP contribution >= 0.6 is 0 Å². The molecule has 25 heavy (non-hydrogen) atoms. The van der Waals surface area contributed by atoms with Gasteiger partial charge in [0, 0.05) is 0 Å². The smallest absolute Gasteiger partial charge is 0.320 e. The maximum Gasteiger partial charge on any atom is 0.320 e. The van der Waals surface area contributed by atoms with Gasteiger partial charge in [-0.25, -0.2) is 0 Å². The molecule has 2 rings (SSSR count). The zero-order valence-corrected chi connectivity index (χ0v) is 15.9. The van der Waals surface area contributed by atoms with Gasteiger partial charge in [-0.3, -0.25) is 14.9 Å². The lowest BCUT2D eigenvalue weighted by Crippen LogP contribution is -2.35. The highest BCUT2D eigenvalue weighted by molar-refractivity contribution is 5.75. The van der Waals surface area contributed by atoms with Crippen LogP contribution in [0.5, 0.6) is 0 Å². The van der Waals surface area contributed by atoms with E-state index >= 15 is 0 Å². The van der Waals surface area contributed by atoms with Crippen molar-refractivity contribution in [3.63, 3.8) is 0 Å². The first-order valence-corrected chi connectivity index (χ1v) is 10.2. The number of rotatable bonds is 8. The molecule has 0 spiro atoms. The van der Waals surface area contributed by atoms with Crippen molar-refractivity contribution in [2.45, 2.75) is 90.3 Å². The van der Waals surface area contributed by atoms with Gasteiger partial charge in [-0.05, 0) is 63.2 Å². The second kappa shape index (κ2) is 10.8. The first kappa shape index (κ1) is 20.2. The summed E-state index contributed by atoms with van der Waals surface area (Å²) in [4.78, 5) is 23.7. The zero-order valence-electron chi connectivity index (χ0n) is 15.9. The summed E-state index contributed by atoms with van der Waals surface area (Å²) in [5.74, 6) is 1.04. The highest BCUT2D eigenvalue weighted by Crippen LogP contribution is 2.29. The first-order valence-electron chi connectivity index (χ1n) is 10.2. The van der Waals surface area contributed by atoms with Crippen molar-refractivity contribution in [2.24, 2.45) is 11.8 Å². The van der Waals surface area contributed by atoms with Crippen molar-refractivity contribution in [1.82, 2.24) is 5.32 Å². The average Bonchev–Trinajstić information content (AvgIpc) is 2.63. The summed E-state index contributed by atoms with van der Waals surface area (Å²) in [6.07, 6.45) is 11.0. The number of nitrogens with one attached hydrogen (secondary N) is 1. The molecule has 2 aliphatic carbocycles. The third kappa shape index (κ3) is 7.35. The van der Waals surface area contributed by atoms with Crippen LogP contribution in [-0.2, 0) is 19.1 Å². The van der Waals surface area contributed by atoms with Gasteiger partial charge in [0.15, 0.2) is 0 Å². The van der Waals surface area contributed by atoms with Crippen LogP contribution in [0.2, 0.25) is 0 Å². The van der Waals surface area contributed by atoms with Crippen molar-refractivity contribution in [2.75, 3.05) is 13.1 Å². The minimum absolute atomic E-state index is 0.0535. The summed E-state index contributed by atoms with van der Waals surface area (Å²) in [5.41, 5.74) is 0. The highest BCUT2D eigenvalue weighted by atomic mass is 16.5. The lowest BCUT2D eigenvalue weighted by Gasteiger charge is -2.28. The second-order valence-corrected chi connectivity index (χ2v) is 7.69. The van der Waals surface area contributed by atoms with E-state index in [1.54, 1.807) is 0 Å². The molecule has 0 radical (unpaired) electrons. The van der Waals surface area contributed by atoms with Crippen LogP contribution < -0.4 is 5.32 Å². The Morgan fingerprint density at radius 3 is 1.40 bits per heavy atom. The molecule has 0 amide bonds. The Morgan fingerprint density at radius 2 is 1.08 bits per heavy atom. The molecule has 0 heterocycles. The molecule has 2 aliphatic rings. The molecule has 0 saturated heterocycles. The van der Waals surface area contributed by atoms with Crippen LogP contribution in [0.15, 0.2) is 0 Å². The lowest BCUT2D eigenvalue weighted by molar-refractivity contribution is -0.151. The van der Waals surface area contributed by atoms with Gasteiger partial charge in [0.1, 0.15) is 12.2 Å². The van der Waals surface area contributed by atoms with Gasteiger partial charge in [-0.2, -0.15) is 0 Å². The molecule has 2 fully saturated rings. The molecule has 0 unspecified atom stereocenters. The monoisotopic (exact) mass is 353 g/mol. The van der Waals surface area contributed by atoms with Crippen molar-refractivity contribution >= 4 is 11.9 Å². The van der Waals surface area contributed by atoms with Crippen LogP contribution in [0.1, 0.15) is 78.1 Å². The van der Waals surface area contributed by atoms with Gasteiger partial charge in [-0.15, -0.1) is 0 Å². The fourth-order valence-electron chi connectivity index (χ4n) is 4.04. The van der Waals surface area contributed by atoms with E-state index in [-0.39, 0.29) is 37.2 Å². The third-order valence-corrected chi connectivity index (χ3v) is 5.88. The van der Waals surface area contributed by atoms with E-state index in [9.17, 15) is 9.59 Å². The van der Waals surface area contributed by atoms with E-state index in [4.69, 9.17) is 9.47 Å². The topological polar surface area (TPSA) is 64.6 Å². The third-order valence-electron chi connectivity index (χ3n) is 5.88. The Balaban J connectivity index is 1.53. The number of carbonyl (C=O) groups excluding carboxylic acids is 2. The summed E-state index contributed by atoms with van der Waals surface area (Å²) >= 11 is 0. The molecule has 5 nitrogen and oxygen atoms in total. The van der Waals surface area contributed by atoms with Crippen LogP contribution in [0, 0.1) is 11.8 Å². The molecule has 0 bridgehead atoms. The molecule has 2 saturated carbocycles. The number of hydrogen-bond acceptors (Lipinski definition) is 5. The molecule has 144 valence electrons. The zero-order chi connectivity index (χ0) is 18.1. The number of hydrogen-bond donors (Lipinski definition) is 1. The Morgan fingerprint density at radius 1 is 0.720 bits per heavy atom. The van der Waals surface area contributed by atoms with Crippen molar-refractivity contribution in [3.05, 3.63) is 0 Å². The fraction of sp³-hybridized carbons (Fsp3) is 0.900. The van der Waals surface area contributed by atoms with E-state index in [1.807, 2.05) is 0 Å². The summed E-state index contributed by atoms with van der Waals surface area (Å²) in [5, 5.41) is 2.85. The van der Waals surface area contributed by atoms with Crippen molar-refractivity contribution in [3.8, 4) is 0 Å². The van der Waals surface area contributed by atoms with Gasteiger partial charge in [0.05, 0.1) is 13.1 Å². The largest absolute Gasteiger partial charge is 0.461 e. The number of ether oxygens (including phenoxy) is 2. The maximum atomic E-state index is 11.9. The van der Waals surface area contributed by atoms with Gasteiger partial charge >= 0.3 is 11.9 Å². The van der Waals surface area contributed by atoms with Crippen LogP contribution in [0.3, 0.4) is 0 Å². The maximum absolute atomic E-state index is 11.9.